The van der Waals surface area contributed by atoms with Crippen molar-refractivity contribution in [2.75, 3.05) is 18.8 Å². The number of allylic oxidation sites excluding steroid dienone is 2. The minimum absolute atomic E-state index is 0.246. The first-order valence-corrected chi connectivity index (χ1v) is 8.17. The summed E-state index contributed by atoms with van der Waals surface area (Å²) in [6.45, 7) is 9.39. The fourth-order valence-electron chi connectivity index (χ4n) is 2.19. The Morgan fingerprint density at radius 2 is 2.14 bits per heavy atom. The highest BCUT2D eigenvalue weighted by Crippen LogP contribution is 2.28. The Morgan fingerprint density at radius 3 is 2.76 bits per heavy atom. The van der Waals surface area contributed by atoms with E-state index in [0.29, 0.717) is 11.3 Å². The normalized spacial score (nSPS) is 22.9. The zero-order chi connectivity index (χ0) is 15.6. The van der Waals surface area contributed by atoms with Crippen molar-refractivity contribution in [2.24, 2.45) is 11.0 Å². The standard InChI is InChI=1S/C15H21N3O2S/c1-5-17-8-9-21-13(17)7-6-12-11(4)16-18(15(12)20)14(19)10(2)3/h6-7,10H,5,8-9H2,1-4H3/b12-6+,13-7+. The number of amides is 2. The van der Waals surface area contributed by atoms with E-state index < -0.39 is 0 Å². The molecule has 0 bridgehead atoms. The van der Waals surface area contributed by atoms with E-state index in [1.807, 2.05) is 6.08 Å². The fourth-order valence-corrected chi connectivity index (χ4v) is 3.28. The van der Waals surface area contributed by atoms with Gasteiger partial charge >= 0.3 is 0 Å². The van der Waals surface area contributed by atoms with E-state index in [0.717, 1.165) is 23.9 Å². The van der Waals surface area contributed by atoms with Crippen LogP contribution in [-0.2, 0) is 9.59 Å². The van der Waals surface area contributed by atoms with E-state index in [1.165, 1.54) is 5.03 Å². The molecule has 6 heteroatoms. The van der Waals surface area contributed by atoms with Crippen molar-refractivity contribution < 1.29 is 9.59 Å². The lowest BCUT2D eigenvalue weighted by atomic mass is 10.1. The van der Waals surface area contributed by atoms with Gasteiger partial charge in [0.15, 0.2) is 0 Å². The van der Waals surface area contributed by atoms with Crippen LogP contribution in [0.3, 0.4) is 0 Å². The Kier molecular flexibility index (Phi) is 4.88. The summed E-state index contributed by atoms with van der Waals surface area (Å²) in [6, 6.07) is 0. The fraction of sp³-hybridized carbons (Fsp3) is 0.533. The third-order valence-electron chi connectivity index (χ3n) is 3.46. The minimum atomic E-state index is -0.325. The highest BCUT2D eigenvalue weighted by Gasteiger charge is 2.33. The van der Waals surface area contributed by atoms with Crippen LogP contribution in [-0.4, -0.2) is 46.3 Å². The lowest BCUT2D eigenvalue weighted by Gasteiger charge is -2.15. The second-order valence-electron chi connectivity index (χ2n) is 5.31. The molecule has 2 aliphatic rings. The number of carbonyl (C=O) groups is 2. The van der Waals surface area contributed by atoms with E-state index >= 15 is 0 Å². The van der Waals surface area contributed by atoms with Crippen LogP contribution in [0.1, 0.15) is 27.7 Å². The molecule has 0 aromatic heterocycles. The van der Waals surface area contributed by atoms with Gasteiger partial charge in [0, 0.05) is 24.8 Å². The molecule has 1 saturated heterocycles. The second kappa shape index (κ2) is 6.47. The zero-order valence-electron chi connectivity index (χ0n) is 12.9. The van der Waals surface area contributed by atoms with Crippen molar-refractivity contribution in [2.45, 2.75) is 27.7 Å². The van der Waals surface area contributed by atoms with Crippen LogP contribution in [0.15, 0.2) is 27.9 Å². The molecule has 0 aromatic carbocycles. The van der Waals surface area contributed by atoms with Crippen LogP contribution in [0.5, 0.6) is 0 Å². The number of imide groups is 1. The predicted molar refractivity (Wildman–Crippen MR) is 85.7 cm³/mol. The minimum Gasteiger partial charge on any atom is -0.366 e. The highest BCUT2D eigenvalue weighted by atomic mass is 32.2. The Labute approximate surface area is 129 Å². The van der Waals surface area contributed by atoms with Crippen LogP contribution in [0.4, 0.5) is 0 Å². The average molecular weight is 307 g/mol. The van der Waals surface area contributed by atoms with Gasteiger partial charge in [-0.2, -0.15) is 10.1 Å². The van der Waals surface area contributed by atoms with Gasteiger partial charge < -0.3 is 4.90 Å². The molecule has 114 valence electrons. The summed E-state index contributed by atoms with van der Waals surface area (Å²) in [4.78, 5) is 26.5. The maximum absolute atomic E-state index is 12.3. The lowest BCUT2D eigenvalue weighted by Crippen LogP contribution is -2.32. The molecular weight excluding hydrogens is 286 g/mol. The molecule has 0 unspecified atom stereocenters. The lowest BCUT2D eigenvalue weighted by molar-refractivity contribution is -0.143. The first-order valence-electron chi connectivity index (χ1n) is 7.19. The quantitative estimate of drug-likeness (QED) is 0.750. The van der Waals surface area contributed by atoms with Crippen molar-refractivity contribution in [3.05, 3.63) is 22.8 Å². The molecule has 0 atom stereocenters. The topological polar surface area (TPSA) is 53.0 Å². The number of nitrogens with zero attached hydrogens (tertiary/aromatic N) is 3. The van der Waals surface area contributed by atoms with Crippen LogP contribution < -0.4 is 0 Å². The molecule has 2 heterocycles. The number of hydrogen-bond donors (Lipinski definition) is 0. The van der Waals surface area contributed by atoms with Crippen LogP contribution in [0, 0.1) is 5.92 Å². The molecule has 2 aliphatic heterocycles. The van der Waals surface area contributed by atoms with Gasteiger partial charge in [-0.15, -0.1) is 11.8 Å². The first kappa shape index (κ1) is 15.8. The van der Waals surface area contributed by atoms with Gasteiger partial charge in [-0.1, -0.05) is 13.8 Å². The van der Waals surface area contributed by atoms with E-state index in [2.05, 4.69) is 16.9 Å². The Hall–Kier alpha value is -1.56. The molecule has 2 amide bonds. The summed E-state index contributed by atoms with van der Waals surface area (Å²) in [5.74, 6) is 0.237. The Morgan fingerprint density at radius 1 is 1.43 bits per heavy atom. The second-order valence-corrected chi connectivity index (χ2v) is 6.42. The van der Waals surface area contributed by atoms with Gasteiger partial charge in [0.25, 0.3) is 11.8 Å². The molecule has 0 aliphatic carbocycles. The van der Waals surface area contributed by atoms with Crippen molar-refractivity contribution in [1.29, 1.82) is 0 Å². The van der Waals surface area contributed by atoms with Crippen LogP contribution >= 0.6 is 11.8 Å². The number of hydrogen-bond acceptors (Lipinski definition) is 5. The third kappa shape index (κ3) is 3.20. The zero-order valence-corrected chi connectivity index (χ0v) is 13.7. The molecule has 0 aromatic rings. The van der Waals surface area contributed by atoms with E-state index in [1.54, 1.807) is 38.6 Å². The van der Waals surface area contributed by atoms with Crippen molar-refractivity contribution in [3.8, 4) is 0 Å². The highest BCUT2D eigenvalue weighted by molar-refractivity contribution is 8.03. The van der Waals surface area contributed by atoms with Crippen molar-refractivity contribution in [1.82, 2.24) is 9.91 Å². The largest absolute Gasteiger partial charge is 0.366 e. The summed E-state index contributed by atoms with van der Waals surface area (Å²) in [6.07, 6.45) is 3.74. The summed E-state index contributed by atoms with van der Waals surface area (Å²) in [5, 5.41) is 6.25. The molecule has 0 spiro atoms. The summed E-state index contributed by atoms with van der Waals surface area (Å²) in [7, 11) is 0. The van der Waals surface area contributed by atoms with Crippen LogP contribution in [0.2, 0.25) is 0 Å². The van der Waals surface area contributed by atoms with E-state index in [4.69, 9.17) is 0 Å². The maximum atomic E-state index is 12.3. The smallest absolute Gasteiger partial charge is 0.283 e. The van der Waals surface area contributed by atoms with E-state index in [-0.39, 0.29) is 17.7 Å². The van der Waals surface area contributed by atoms with E-state index in [9.17, 15) is 9.59 Å². The SMILES string of the molecule is CCN1CCS/C1=C/C=C1/C(=O)N(C(=O)C(C)C)N=C1C. The first-order chi connectivity index (χ1) is 9.95. The molecule has 5 nitrogen and oxygen atoms in total. The average Bonchev–Trinajstić information content (AvgIpc) is 3.01. The van der Waals surface area contributed by atoms with Gasteiger partial charge in [-0.3, -0.25) is 9.59 Å². The van der Waals surface area contributed by atoms with Gasteiger partial charge in [0.05, 0.1) is 16.3 Å². The van der Waals surface area contributed by atoms with Gasteiger partial charge in [-0.05, 0) is 26.0 Å². The number of thioether (sulfide) groups is 1. The van der Waals surface area contributed by atoms with Crippen molar-refractivity contribution in [3.63, 3.8) is 0 Å². The van der Waals surface area contributed by atoms with Gasteiger partial charge in [0.1, 0.15) is 0 Å². The predicted octanol–water partition coefficient (Wildman–Crippen LogP) is 2.22. The summed E-state index contributed by atoms with van der Waals surface area (Å²) in [5.41, 5.74) is 1.09. The molecule has 2 rings (SSSR count). The number of hydrazone groups is 1. The number of carbonyl (C=O) groups excluding carboxylic acids is 2. The van der Waals surface area contributed by atoms with Gasteiger partial charge in [-0.25, -0.2) is 0 Å². The molecule has 0 radical (unpaired) electrons. The monoisotopic (exact) mass is 307 g/mol. The Balaban J connectivity index is 2.20. The third-order valence-corrected chi connectivity index (χ3v) is 4.54. The number of rotatable bonds is 3. The molecular formula is C15H21N3O2S. The Bertz CT molecular complexity index is 549. The molecule has 0 N–H and O–H groups in total. The van der Waals surface area contributed by atoms with Gasteiger partial charge in [0.2, 0.25) is 0 Å². The molecule has 0 saturated carbocycles. The summed E-state index contributed by atoms with van der Waals surface area (Å²) < 4.78 is 0. The molecule has 21 heavy (non-hydrogen) atoms. The molecule has 1 fully saturated rings. The summed E-state index contributed by atoms with van der Waals surface area (Å²) >= 11 is 1.78. The maximum Gasteiger partial charge on any atom is 0.283 e. The van der Waals surface area contributed by atoms with Crippen molar-refractivity contribution >= 4 is 29.3 Å². The van der Waals surface area contributed by atoms with Crippen LogP contribution in [0.25, 0.3) is 0 Å².